The van der Waals surface area contributed by atoms with Gasteiger partial charge >= 0.3 is 16.0 Å². The normalized spacial score (nSPS) is 15.4. The standard InChI is InChI=1S/C23H22Cl2N2O8S2/c1-2-15(11-23-27(14-37(31,32)33)19-13-17(25)5-7-21(19)35-23)10-22-26(8-3-9-36(28,29)30)18-12-16(24)4-6-20(18)34-22/h4-7,10-13H,2-3,8-9,14H2,1H3,(H-,28,29,30,31,32,33)/p+1. The van der Waals surface area contributed by atoms with Crippen molar-refractivity contribution in [3.63, 3.8) is 0 Å². The van der Waals surface area contributed by atoms with Crippen LogP contribution in [0.15, 0.2) is 58.3 Å². The van der Waals surface area contributed by atoms with Crippen molar-refractivity contribution in [1.29, 1.82) is 0 Å². The van der Waals surface area contributed by atoms with Gasteiger partial charge in [-0.1, -0.05) is 30.1 Å². The Bertz CT molecular complexity index is 1630. The number of fused-ring (bicyclic) bond motifs is 2. The highest BCUT2D eigenvalue weighted by Gasteiger charge is 2.29. The zero-order chi connectivity index (χ0) is 27.0. The van der Waals surface area contributed by atoms with E-state index >= 15 is 0 Å². The van der Waals surface area contributed by atoms with E-state index in [1.54, 1.807) is 47.4 Å². The molecule has 14 heteroatoms. The van der Waals surface area contributed by atoms with E-state index in [0.29, 0.717) is 50.5 Å². The third-order valence-electron chi connectivity index (χ3n) is 5.49. The average Bonchev–Trinajstić information content (AvgIpc) is 3.28. The van der Waals surface area contributed by atoms with Gasteiger partial charge in [0.25, 0.3) is 21.5 Å². The van der Waals surface area contributed by atoms with Crippen molar-refractivity contribution < 1.29 is 39.7 Å². The number of benzene rings is 2. The second-order valence-electron chi connectivity index (χ2n) is 8.25. The van der Waals surface area contributed by atoms with Crippen LogP contribution in [-0.4, -0.2) is 38.2 Å². The van der Waals surface area contributed by atoms with Crippen molar-refractivity contribution in [3.8, 4) is 5.75 Å². The van der Waals surface area contributed by atoms with E-state index in [-0.39, 0.29) is 18.9 Å². The van der Waals surface area contributed by atoms with Crippen LogP contribution in [0.25, 0.3) is 17.2 Å². The quantitative estimate of drug-likeness (QED) is 0.269. The predicted molar refractivity (Wildman–Crippen MR) is 140 cm³/mol. The molecule has 37 heavy (non-hydrogen) atoms. The molecular formula is C23H23Cl2N2O8S2+. The molecule has 0 atom stereocenters. The van der Waals surface area contributed by atoms with Crippen LogP contribution >= 0.6 is 23.2 Å². The van der Waals surface area contributed by atoms with Gasteiger partial charge in [-0.05, 0) is 48.7 Å². The molecule has 3 aromatic rings. The van der Waals surface area contributed by atoms with Gasteiger partial charge in [-0.2, -0.15) is 16.8 Å². The molecule has 0 radical (unpaired) electrons. The molecule has 0 aliphatic carbocycles. The fourth-order valence-electron chi connectivity index (χ4n) is 3.86. The molecule has 198 valence electrons. The maximum atomic E-state index is 11.7. The van der Waals surface area contributed by atoms with E-state index in [0.717, 1.165) is 0 Å². The molecule has 2 N–H and O–H groups in total. The summed E-state index contributed by atoms with van der Waals surface area (Å²) in [5.41, 5.74) is 2.05. The summed E-state index contributed by atoms with van der Waals surface area (Å²) in [4.78, 5) is 1.74. The minimum absolute atomic E-state index is 0.120. The number of aromatic nitrogens is 1. The summed E-state index contributed by atoms with van der Waals surface area (Å²) in [7, 11) is -8.55. The zero-order valence-electron chi connectivity index (χ0n) is 19.5. The van der Waals surface area contributed by atoms with Crippen molar-refractivity contribution in [2.24, 2.45) is 0 Å². The maximum absolute atomic E-state index is 11.7. The van der Waals surface area contributed by atoms with E-state index in [1.807, 2.05) is 6.92 Å². The minimum atomic E-state index is -4.41. The third kappa shape index (κ3) is 6.83. The summed E-state index contributed by atoms with van der Waals surface area (Å²) in [6.07, 6.45) is 3.92. The van der Waals surface area contributed by atoms with Crippen LogP contribution in [0, 0.1) is 0 Å². The second-order valence-corrected chi connectivity index (χ2v) is 12.1. The first-order chi connectivity index (χ1) is 17.3. The van der Waals surface area contributed by atoms with Crippen molar-refractivity contribution in [3.05, 3.63) is 69.9 Å². The minimum Gasteiger partial charge on any atom is -0.439 e. The van der Waals surface area contributed by atoms with Crippen molar-refractivity contribution >= 4 is 66.3 Å². The fourth-order valence-corrected chi connectivity index (χ4v) is 5.28. The Labute approximate surface area is 223 Å². The van der Waals surface area contributed by atoms with Gasteiger partial charge in [-0.25, -0.2) is 0 Å². The summed E-state index contributed by atoms with van der Waals surface area (Å²) in [5, 5.41) is 0.823. The highest BCUT2D eigenvalue weighted by molar-refractivity contribution is 7.85. The van der Waals surface area contributed by atoms with Gasteiger partial charge in [0, 0.05) is 28.7 Å². The average molecular weight is 590 g/mol. The number of allylic oxidation sites excluding steroid dienone is 2. The Morgan fingerprint density at radius 2 is 1.76 bits per heavy atom. The molecule has 2 heterocycles. The molecule has 10 nitrogen and oxygen atoms in total. The van der Waals surface area contributed by atoms with Crippen LogP contribution in [0.4, 0.5) is 5.69 Å². The van der Waals surface area contributed by atoms with Crippen LogP contribution in [0.2, 0.25) is 10.0 Å². The molecule has 1 aromatic heterocycles. The molecule has 0 spiro atoms. The summed E-state index contributed by atoms with van der Waals surface area (Å²) < 4.78 is 77.6. The van der Waals surface area contributed by atoms with Gasteiger partial charge in [0.15, 0.2) is 5.75 Å². The lowest BCUT2D eigenvalue weighted by atomic mass is 10.2. The van der Waals surface area contributed by atoms with Gasteiger partial charge in [0.2, 0.25) is 11.5 Å². The molecule has 4 rings (SSSR count). The van der Waals surface area contributed by atoms with E-state index in [9.17, 15) is 21.4 Å². The highest BCUT2D eigenvalue weighted by Crippen LogP contribution is 2.41. The molecule has 0 saturated heterocycles. The Morgan fingerprint density at radius 3 is 2.43 bits per heavy atom. The van der Waals surface area contributed by atoms with Crippen molar-refractivity contribution in [1.82, 2.24) is 0 Å². The second kappa shape index (κ2) is 10.6. The first-order valence-corrected chi connectivity index (χ1v) is 15.0. The lowest BCUT2D eigenvalue weighted by Gasteiger charge is -2.18. The van der Waals surface area contributed by atoms with Crippen molar-refractivity contribution in [2.75, 3.05) is 17.2 Å². The largest absolute Gasteiger partial charge is 0.439 e. The Kier molecular flexibility index (Phi) is 7.88. The Hall–Kier alpha value is -2.61. The molecule has 1 aliphatic rings. The smallest absolute Gasteiger partial charge is 0.375 e. The number of anilines is 1. The lowest BCUT2D eigenvalue weighted by Crippen LogP contribution is -2.39. The zero-order valence-corrected chi connectivity index (χ0v) is 22.6. The van der Waals surface area contributed by atoms with Gasteiger partial charge in [0.1, 0.15) is 0 Å². The van der Waals surface area contributed by atoms with Gasteiger partial charge in [-0.15, -0.1) is 4.57 Å². The van der Waals surface area contributed by atoms with E-state index in [4.69, 9.17) is 36.9 Å². The van der Waals surface area contributed by atoms with Crippen LogP contribution in [0.1, 0.15) is 25.7 Å². The topological polar surface area (TPSA) is 138 Å². The Balaban J connectivity index is 1.76. The van der Waals surface area contributed by atoms with E-state index in [1.165, 1.54) is 10.6 Å². The molecule has 2 aromatic carbocycles. The first kappa shape index (κ1) is 27.4. The number of oxazole rings is 1. The van der Waals surface area contributed by atoms with Gasteiger partial charge < -0.3 is 14.1 Å². The number of rotatable bonds is 9. The summed E-state index contributed by atoms with van der Waals surface area (Å²) in [5.74, 6) is -0.138. The molecule has 0 bridgehead atoms. The summed E-state index contributed by atoms with van der Waals surface area (Å²) in [6, 6.07) is 9.76. The molecule has 1 aliphatic heterocycles. The highest BCUT2D eigenvalue weighted by atomic mass is 35.5. The van der Waals surface area contributed by atoms with Crippen molar-refractivity contribution in [2.45, 2.75) is 25.6 Å². The monoisotopic (exact) mass is 589 g/mol. The summed E-state index contributed by atoms with van der Waals surface area (Å²) >= 11 is 12.2. The lowest BCUT2D eigenvalue weighted by molar-refractivity contribution is -0.658. The summed E-state index contributed by atoms with van der Waals surface area (Å²) in [6.45, 7) is 2.08. The number of halogens is 2. The SMILES string of the molecule is CCC(=C/c1oc2ccc(Cl)cc2[n+]1CS(=O)(=O)O)/C=C1/Oc2ccc(Cl)cc2N1CCCS(=O)(=O)O. The number of hydrogen-bond donors (Lipinski definition) is 2. The Morgan fingerprint density at radius 1 is 1.05 bits per heavy atom. The molecule has 0 unspecified atom stereocenters. The van der Waals surface area contributed by atoms with Crippen LogP contribution < -0.4 is 14.2 Å². The third-order valence-corrected chi connectivity index (χ3v) is 7.35. The predicted octanol–water partition coefficient (Wildman–Crippen LogP) is 4.68. The number of hydrogen-bond acceptors (Lipinski definition) is 7. The van der Waals surface area contributed by atoms with Crippen LogP contribution in [0.5, 0.6) is 5.75 Å². The number of nitrogens with zero attached hydrogens (tertiary/aromatic N) is 2. The molecule has 0 saturated carbocycles. The van der Waals surface area contributed by atoms with Gasteiger partial charge in [0.05, 0.1) is 17.5 Å². The first-order valence-electron chi connectivity index (χ1n) is 11.0. The molecular weight excluding hydrogens is 567 g/mol. The van der Waals surface area contributed by atoms with Crippen LogP contribution in [0.3, 0.4) is 0 Å². The van der Waals surface area contributed by atoms with Crippen LogP contribution in [-0.2, 0) is 26.1 Å². The van der Waals surface area contributed by atoms with E-state index < -0.39 is 31.9 Å². The maximum Gasteiger partial charge on any atom is 0.375 e. The van der Waals surface area contributed by atoms with Gasteiger partial charge in [-0.3, -0.25) is 9.11 Å². The molecule has 0 amide bonds. The molecule has 0 fully saturated rings. The fraction of sp³-hybridized carbons (Fsp3) is 0.261. The number of ether oxygens (including phenoxy) is 1. The van der Waals surface area contributed by atoms with E-state index in [2.05, 4.69) is 0 Å².